The number of nitrogens with one attached hydrogen (secondary N) is 2. The molecule has 2 N–H and O–H groups in total. The van der Waals surface area contributed by atoms with E-state index in [9.17, 15) is 9.59 Å². The molecule has 0 aliphatic rings. The molecule has 100 valence electrons. The highest BCUT2D eigenvalue weighted by atomic mass is 16.6. The summed E-state index contributed by atoms with van der Waals surface area (Å²) in [5, 5.41) is 9.23. The Balaban J connectivity index is 2.84. The maximum atomic E-state index is 11.7. The average Bonchev–Trinajstić information content (AvgIpc) is 2.62. The van der Waals surface area contributed by atoms with Gasteiger partial charge in [-0.05, 0) is 40.7 Å². The third-order valence-electron chi connectivity index (χ3n) is 2.23. The summed E-state index contributed by atoms with van der Waals surface area (Å²) in [7, 11) is 0. The number of rotatable bonds is 3. The molecule has 6 nitrogen and oxygen atoms in total. The van der Waals surface area contributed by atoms with Crippen LogP contribution in [0.25, 0.3) is 0 Å². The topological polar surface area (TPSA) is 84.1 Å². The lowest BCUT2D eigenvalue weighted by Crippen LogP contribution is -2.47. The van der Waals surface area contributed by atoms with Gasteiger partial charge in [-0.2, -0.15) is 5.10 Å². The lowest BCUT2D eigenvalue weighted by molar-refractivity contribution is -0.113. The molecule has 0 spiro atoms. The zero-order valence-electron chi connectivity index (χ0n) is 11.3. The van der Waals surface area contributed by atoms with Crippen molar-refractivity contribution in [1.29, 1.82) is 0 Å². The van der Waals surface area contributed by atoms with E-state index >= 15 is 0 Å². The fourth-order valence-corrected chi connectivity index (χ4v) is 1.35. The molecule has 0 aromatic carbocycles. The van der Waals surface area contributed by atoms with Gasteiger partial charge in [0.25, 0.3) is 0 Å². The standard InChI is InChI=1S/C12H19N3O3/c1-8-6-9(15-14-8)12(5,7-16)13-10(17)18-11(2,3)4/h6-7H,1-5H3,(H,13,17)(H,14,15). The van der Waals surface area contributed by atoms with Gasteiger partial charge in [-0.1, -0.05) is 0 Å². The van der Waals surface area contributed by atoms with Crippen LogP contribution >= 0.6 is 0 Å². The van der Waals surface area contributed by atoms with Crippen molar-refractivity contribution in [3.05, 3.63) is 17.5 Å². The first-order chi connectivity index (χ1) is 8.16. The maximum absolute atomic E-state index is 11.7. The molecule has 6 heteroatoms. The van der Waals surface area contributed by atoms with E-state index in [0.717, 1.165) is 5.69 Å². The number of hydrogen-bond donors (Lipinski definition) is 2. The van der Waals surface area contributed by atoms with Crippen molar-refractivity contribution >= 4 is 12.4 Å². The van der Waals surface area contributed by atoms with Gasteiger partial charge >= 0.3 is 6.09 Å². The van der Waals surface area contributed by atoms with Crippen LogP contribution in [-0.2, 0) is 15.1 Å². The fourth-order valence-electron chi connectivity index (χ4n) is 1.35. The first-order valence-electron chi connectivity index (χ1n) is 5.66. The third-order valence-corrected chi connectivity index (χ3v) is 2.23. The molecule has 0 saturated carbocycles. The second-order valence-corrected chi connectivity index (χ2v) is 5.38. The molecule has 1 atom stereocenters. The van der Waals surface area contributed by atoms with Crippen LogP contribution in [-0.4, -0.2) is 28.2 Å². The number of alkyl carbamates (subject to hydrolysis) is 1. The number of amides is 1. The fraction of sp³-hybridized carbons (Fsp3) is 0.583. The molecule has 1 amide bonds. The Kier molecular flexibility index (Phi) is 3.79. The van der Waals surface area contributed by atoms with E-state index in [4.69, 9.17) is 4.74 Å². The molecule has 1 aromatic heterocycles. The molecular formula is C12H19N3O3. The molecule has 0 bridgehead atoms. The summed E-state index contributed by atoms with van der Waals surface area (Å²) in [5.74, 6) is 0. The summed E-state index contributed by atoms with van der Waals surface area (Å²) in [5.41, 5.74) is -0.562. The van der Waals surface area contributed by atoms with Gasteiger partial charge in [-0.3, -0.25) is 5.10 Å². The number of ether oxygens (including phenoxy) is 1. The van der Waals surface area contributed by atoms with Crippen molar-refractivity contribution in [2.75, 3.05) is 0 Å². The molecule has 1 aromatic rings. The molecular weight excluding hydrogens is 234 g/mol. The Morgan fingerprint density at radius 1 is 1.44 bits per heavy atom. The van der Waals surface area contributed by atoms with E-state index in [-0.39, 0.29) is 0 Å². The summed E-state index contributed by atoms with van der Waals surface area (Å²) in [6.45, 7) is 8.64. The third kappa shape index (κ3) is 3.58. The summed E-state index contributed by atoms with van der Waals surface area (Å²) in [6.07, 6.45) is -0.0234. The summed E-state index contributed by atoms with van der Waals surface area (Å²) < 4.78 is 5.12. The highest BCUT2D eigenvalue weighted by Gasteiger charge is 2.32. The lowest BCUT2D eigenvalue weighted by atomic mass is 10.0. The van der Waals surface area contributed by atoms with Crippen LogP contribution in [0, 0.1) is 6.92 Å². The monoisotopic (exact) mass is 253 g/mol. The predicted molar refractivity (Wildman–Crippen MR) is 66.1 cm³/mol. The minimum atomic E-state index is -1.20. The molecule has 0 radical (unpaired) electrons. The number of carbonyl (C=O) groups excluding carboxylic acids is 2. The van der Waals surface area contributed by atoms with Crippen LogP contribution in [0.1, 0.15) is 39.1 Å². The van der Waals surface area contributed by atoms with Gasteiger partial charge in [0.2, 0.25) is 0 Å². The largest absolute Gasteiger partial charge is 0.444 e. The number of aromatic nitrogens is 2. The minimum Gasteiger partial charge on any atom is -0.444 e. The number of H-pyrrole nitrogens is 1. The highest BCUT2D eigenvalue weighted by Crippen LogP contribution is 2.18. The van der Waals surface area contributed by atoms with E-state index in [0.29, 0.717) is 12.0 Å². The van der Waals surface area contributed by atoms with E-state index in [1.165, 1.54) is 0 Å². The van der Waals surface area contributed by atoms with Gasteiger partial charge in [-0.15, -0.1) is 0 Å². The Labute approximate surface area is 106 Å². The van der Waals surface area contributed by atoms with Gasteiger partial charge in [-0.25, -0.2) is 4.79 Å². The number of carbonyl (C=O) groups is 2. The molecule has 1 heterocycles. The van der Waals surface area contributed by atoms with Crippen LogP contribution in [0.3, 0.4) is 0 Å². The number of aryl methyl sites for hydroxylation is 1. The Hall–Kier alpha value is -1.85. The van der Waals surface area contributed by atoms with Gasteiger partial charge in [0, 0.05) is 5.69 Å². The Bertz CT molecular complexity index is 448. The summed E-state index contributed by atoms with van der Waals surface area (Å²) in [6, 6.07) is 1.70. The smallest absolute Gasteiger partial charge is 0.408 e. The van der Waals surface area contributed by atoms with Gasteiger partial charge in [0.05, 0.1) is 5.69 Å². The lowest BCUT2D eigenvalue weighted by Gasteiger charge is -2.26. The first-order valence-corrected chi connectivity index (χ1v) is 5.66. The van der Waals surface area contributed by atoms with Crippen LogP contribution in [0.4, 0.5) is 4.79 Å². The summed E-state index contributed by atoms with van der Waals surface area (Å²) >= 11 is 0. The van der Waals surface area contributed by atoms with Crippen LogP contribution in [0.5, 0.6) is 0 Å². The Morgan fingerprint density at radius 2 is 2.06 bits per heavy atom. The van der Waals surface area contributed by atoms with Gasteiger partial charge in [0.1, 0.15) is 11.1 Å². The highest BCUT2D eigenvalue weighted by molar-refractivity contribution is 5.77. The van der Waals surface area contributed by atoms with Crippen LogP contribution in [0.15, 0.2) is 6.07 Å². The predicted octanol–water partition coefficient (Wildman–Crippen LogP) is 1.66. The Morgan fingerprint density at radius 3 is 2.44 bits per heavy atom. The van der Waals surface area contributed by atoms with Gasteiger partial charge in [0.15, 0.2) is 6.29 Å². The molecule has 1 rings (SSSR count). The zero-order chi connectivity index (χ0) is 14.0. The molecule has 1 unspecified atom stereocenters. The number of aromatic amines is 1. The molecule has 0 fully saturated rings. The van der Waals surface area contributed by atoms with Crippen molar-refractivity contribution in [2.45, 2.75) is 45.8 Å². The second kappa shape index (κ2) is 4.80. The van der Waals surface area contributed by atoms with E-state index in [2.05, 4.69) is 15.5 Å². The number of nitrogens with zero attached hydrogens (tertiary/aromatic N) is 1. The van der Waals surface area contributed by atoms with Crippen molar-refractivity contribution < 1.29 is 14.3 Å². The maximum Gasteiger partial charge on any atom is 0.408 e. The van der Waals surface area contributed by atoms with Crippen LogP contribution in [0.2, 0.25) is 0 Å². The quantitative estimate of drug-likeness (QED) is 0.802. The van der Waals surface area contributed by atoms with Crippen LogP contribution < -0.4 is 5.32 Å². The van der Waals surface area contributed by atoms with E-state index < -0.39 is 17.2 Å². The zero-order valence-corrected chi connectivity index (χ0v) is 11.3. The average molecular weight is 253 g/mol. The van der Waals surface area contributed by atoms with E-state index in [1.807, 2.05) is 6.92 Å². The summed E-state index contributed by atoms with van der Waals surface area (Å²) in [4.78, 5) is 22.9. The molecule has 0 aliphatic carbocycles. The first kappa shape index (κ1) is 14.2. The van der Waals surface area contributed by atoms with Crippen molar-refractivity contribution in [3.8, 4) is 0 Å². The van der Waals surface area contributed by atoms with Gasteiger partial charge < -0.3 is 14.8 Å². The SMILES string of the molecule is Cc1cc(C(C)(C=O)NC(=O)OC(C)(C)C)n[nH]1. The second-order valence-electron chi connectivity index (χ2n) is 5.38. The number of hydrogen-bond acceptors (Lipinski definition) is 4. The van der Waals surface area contributed by atoms with Crippen molar-refractivity contribution in [1.82, 2.24) is 15.5 Å². The molecule has 0 aliphatic heterocycles. The van der Waals surface area contributed by atoms with Crippen molar-refractivity contribution in [2.24, 2.45) is 0 Å². The molecule has 18 heavy (non-hydrogen) atoms. The van der Waals surface area contributed by atoms with E-state index in [1.54, 1.807) is 33.8 Å². The minimum absolute atomic E-state index is 0.445. The van der Waals surface area contributed by atoms with Crippen molar-refractivity contribution in [3.63, 3.8) is 0 Å². The molecule has 0 saturated heterocycles. The number of aldehydes is 1. The normalized spacial score (nSPS) is 14.7.